The first-order valence-corrected chi connectivity index (χ1v) is 7.60. The molecule has 1 aliphatic rings. The van der Waals surface area contributed by atoms with Crippen molar-refractivity contribution >= 4 is 17.9 Å². The Bertz CT molecular complexity index is 652. The largest absolute Gasteiger partial charge is 0.444 e. The fourth-order valence-corrected chi connectivity index (χ4v) is 2.63. The van der Waals surface area contributed by atoms with Gasteiger partial charge in [0, 0.05) is 6.54 Å². The van der Waals surface area contributed by atoms with Crippen LogP contribution in [0.5, 0.6) is 0 Å². The van der Waals surface area contributed by atoms with Crippen LogP contribution in [0, 0.1) is 10.1 Å². The number of rotatable bonds is 3. The fraction of sp³-hybridized carbons (Fsp3) is 0.600. The van der Waals surface area contributed by atoms with E-state index in [0.717, 1.165) is 6.20 Å². The molecule has 0 N–H and O–H groups in total. The van der Waals surface area contributed by atoms with Crippen LogP contribution >= 0.6 is 0 Å². The van der Waals surface area contributed by atoms with Gasteiger partial charge in [-0.05, 0) is 33.3 Å². The normalized spacial score (nSPS) is 21.4. The lowest BCUT2D eigenvalue weighted by molar-refractivity contribution is -0.385. The molecule has 1 amide bonds. The Morgan fingerprint density at radius 3 is 2.75 bits per heavy atom. The van der Waals surface area contributed by atoms with Crippen LogP contribution in [-0.2, 0) is 4.74 Å². The molecule has 0 aliphatic carbocycles. The lowest BCUT2D eigenvalue weighted by Crippen LogP contribution is -2.47. The van der Waals surface area contributed by atoms with Crippen molar-refractivity contribution in [2.24, 2.45) is 0 Å². The van der Waals surface area contributed by atoms with Crippen molar-refractivity contribution in [3.05, 3.63) is 28.6 Å². The van der Waals surface area contributed by atoms with Gasteiger partial charge >= 0.3 is 11.8 Å². The summed E-state index contributed by atoms with van der Waals surface area (Å²) >= 11 is 0. The molecule has 8 nitrogen and oxygen atoms in total. The van der Waals surface area contributed by atoms with Crippen LogP contribution in [0.3, 0.4) is 0 Å². The van der Waals surface area contributed by atoms with Crippen molar-refractivity contribution in [2.45, 2.75) is 45.0 Å². The third kappa shape index (κ3) is 3.72. The van der Waals surface area contributed by atoms with E-state index in [1.54, 1.807) is 20.8 Å². The first-order valence-electron chi connectivity index (χ1n) is 7.60. The van der Waals surface area contributed by atoms with Crippen molar-refractivity contribution in [3.63, 3.8) is 0 Å². The number of hydrogen-bond acceptors (Lipinski definition) is 5. The molecule has 1 aliphatic heterocycles. The average molecular weight is 340 g/mol. The monoisotopic (exact) mass is 340 g/mol. The lowest BCUT2D eigenvalue weighted by Gasteiger charge is -2.35. The van der Waals surface area contributed by atoms with E-state index in [1.165, 1.54) is 15.7 Å². The molecule has 0 aromatic carbocycles. The zero-order chi connectivity index (χ0) is 18.1. The molecule has 24 heavy (non-hydrogen) atoms. The van der Waals surface area contributed by atoms with E-state index in [9.17, 15) is 19.3 Å². The van der Waals surface area contributed by atoms with E-state index in [2.05, 4.69) is 11.7 Å². The maximum absolute atomic E-state index is 14.6. The van der Waals surface area contributed by atoms with Crippen LogP contribution < -0.4 is 0 Å². The van der Waals surface area contributed by atoms with Crippen molar-refractivity contribution in [1.82, 2.24) is 14.7 Å². The van der Waals surface area contributed by atoms with E-state index < -0.39 is 28.8 Å². The van der Waals surface area contributed by atoms with Crippen molar-refractivity contribution in [3.8, 4) is 0 Å². The highest BCUT2D eigenvalue weighted by Crippen LogP contribution is 2.30. The van der Waals surface area contributed by atoms with Gasteiger partial charge in [-0.1, -0.05) is 6.58 Å². The topological polar surface area (TPSA) is 90.5 Å². The van der Waals surface area contributed by atoms with Gasteiger partial charge in [-0.3, -0.25) is 14.8 Å². The maximum atomic E-state index is 14.6. The van der Waals surface area contributed by atoms with Gasteiger partial charge in [0.15, 0.2) is 0 Å². The van der Waals surface area contributed by atoms with Crippen LogP contribution in [0.2, 0.25) is 0 Å². The van der Waals surface area contributed by atoms with Gasteiger partial charge in [-0.25, -0.2) is 9.18 Å². The van der Waals surface area contributed by atoms with Crippen molar-refractivity contribution in [2.75, 3.05) is 13.1 Å². The number of likely N-dealkylation sites (tertiary alicyclic amines) is 1. The highest BCUT2D eigenvalue weighted by atomic mass is 19.1. The summed E-state index contributed by atoms with van der Waals surface area (Å²) in [5, 5.41) is 14.9. The minimum atomic E-state index is -1.41. The van der Waals surface area contributed by atoms with Gasteiger partial charge in [0.05, 0.1) is 17.5 Å². The number of alkyl halides is 1. The summed E-state index contributed by atoms with van der Waals surface area (Å²) in [6, 6.07) is -0.689. The summed E-state index contributed by atoms with van der Waals surface area (Å²) in [6.07, 6.45) is 0.672. The molecule has 0 saturated carbocycles. The van der Waals surface area contributed by atoms with Crippen molar-refractivity contribution in [1.29, 1.82) is 0 Å². The molecule has 0 radical (unpaired) electrons. The first kappa shape index (κ1) is 17.9. The highest BCUT2D eigenvalue weighted by Gasteiger charge is 2.37. The minimum Gasteiger partial charge on any atom is -0.444 e. The Morgan fingerprint density at radius 1 is 1.58 bits per heavy atom. The van der Waals surface area contributed by atoms with Gasteiger partial charge in [0.2, 0.25) is 0 Å². The molecule has 1 fully saturated rings. The molecule has 0 spiro atoms. The SMILES string of the molecule is C=Cc1c([N+](=O)[O-])cnn1C1CCN(C(=O)OC(C)(C)C)CC1F. The van der Waals surface area contributed by atoms with Gasteiger partial charge in [-0.15, -0.1) is 0 Å². The molecular weight excluding hydrogens is 319 g/mol. The van der Waals surface area contributed by atoms with E-state index in [0.29, 0.717) is 0 Å². The van der Waals surface area contributed by atoms with E-state index >= 15 is 0 Å². The number of carbonyl (C=O) groups excluding carboxylic acids is 1. The zero-order valence-corrected chi connectivity index (χ0v) is 13.9. The summed E-state index contributed by atoms with van der Waals surface area (Å²) < 4.78 is 21.1. The van der Waals surface area contributed by atoms with Crippen LogP contribution in [0.15, 0.2) is 12.8 Å². The van der Waals surface area contributed by atoms with Crippen LogP contribution in [0.4, 0.5) is 14.9 Å². The molecule has 0 bridgehead atoms. The summed E-state index contributed by atoms with van der Waals surface area (Å²) in [4.78, 5) is 23.7. The number of aromatic nitrogens is 2. The Hall–Kier alpha value is -2.45. The third-order valence-corrected chi connectivity index (χ3v) is 3.68. The van der Waals surface area contributed by atoms with E-state index in [1.807, 2.05) is 0 Å². The number of nitro groups is 1. The second kappa shape index (κ2) is 6.58. The molecule has 1 aromatic heterocycles. The number of piperidine rings is 1. The van der Waals surface area contributed by atoms with E-state index in [4.69, 9.17) is 4.74 Å². The Morgan fingerprint density at radius 2 is 2.25 bits per heavy atom. The maximum Gasteiger partial charge on any atom is 0.410 e. The number of hydrogen-bond donors (Lipinski definition) is 0. The Kier molecular flexibility index (Phi) is 4.91. The summed E-state index contributed by atoms with van der Waals surface area (Å²) in [6.45, 7) is 8.89. The van der Waals surface area contributed by atoms with Crippen LogP contribution in [-0.4, -0.2) is 50.6 Å². The summed E-state index contributed by atoms with van der Waals surface area (Å²) in [7, 11) is 0. The van der Waals surface area contributed by atoms with E-state index in [-0.39, 0.29) is 30.9 Å². The number of amides is 1. The third-order valence-electron chi connectivity index (χ3n) is 3.68. The predicted octanol–water partition coefficient (Wildman–Crippen LogP) is 2.95. The second-order valence-electron chi connectivity index (χ2n) is 6.62. The molecule has 1 aromatic rings. The fourth-order valence-electron chi connectivity index (χ4n) is 2.63. The Balaban J connectivity index is 2.13. The second-order valence-corrected chi connectivity index (χ2v) is 6.62. The molecular formula is C15H21FN4O4. The number of ether oxygens (including phenoxy) is 1. The molecule has 2 unspecified atom stereocenters. The lowest BCUT2D eigenvalue weighted by atomic mass is 10.0. The number of carbonyl (C=O) groups is 1. The summed E-state index contributed by atoms with van der Waals surface area (Å²) in [5.74, 6) is 0. The van der Waals surface area contributed by atoms with Gasteiger partial charge < -0.3 is 9.64 Å². The quantitative estimate of drug-likeness (QED) is 0.623. The van der Waals surface area contributed by atoms with Gasteiger partial charge in [0.25, 0.3) is 0 Å². The van der Waals surface area contributed by atoms with Crippen LogP contribution in [0.1, 0.15) is 38.9 Å². The van der Waals surface area contributed by atoms with Crippen LogP contribution in [0.25, 0.3) is 6.08 Å². The molecule has 2 heterocycles. The highest BCUT2D eigenvalue weighted by molar-refractivity contribution is 5.68. The first-order chi connectivity index (χ1) is 11.1. The zero-order valence-electron chi connectivity index (χ0n) is 13.9. The average Bonchev–Trinajstić information content (AvgIpc) is 2.89. The molecule has 132 valence electrons. The molecule has 2 atom stereocenters. The minimum absolute atomic E-state index is 0.149. The smallest absolute Gasteiger partial charge is 0.410 e. The summed E-state index contributed by atoms with van der Waals surface area (Å²) in [5.41, 5.74) is -0.705. The van der Waals surface area contributed by atoms with Gasteiger partial charge in [0.1, 0.15) is 23.7 Å². The Labute approximate surface area is 139 Å². The van der Waals surface area contributed by atoms with Crippen molar-refractivity contribution < 1.29 is 18.8 Å². The molecule has 9 heteroatoms. The molecule has 1 saturated heterocycles. The number of halogens is 1. The predicted molar refractivity (Wildman–Crippen MR) is 85.3 cm³/mol. The molecule has 2 rings (SSSR count). The number of nitrogens with zero attached hydrogens (tertiary/aromatic N) is 4. The van der Waals surface area contributed by atoms with Gasteiger partial charge in [-0.2, -0.15) is 5.10 Å². The standard InChI is InChI=1S/C15H21FN4O4/c1-5-11-13(20(22)23)8-17-19(11)12-6-7-18(9-10(12)16)14(21)24-15(2,3)4/h5,8,10,12H,1,6-7,9H2,2-4H3.